The van der Waals surface area contributed by atoms with Gasteiger partial charge in [0.05, 0.1) is 25.2 Å². The molecule has 2 rings (SSSR count). The third-order valence-corrected chi connectivity index (χ3v) is 4.11. The molecule has 2 amide bonds. The molecule has 0 radical (unpaired) electrons. The predicted molar refractivity (Wildman–Crippen MR) is 80.2 cm³/mol. The number of piperidine rings is 1. The van der Waals surface area contributed by atoms with Crippen LogP contribution in [0.4, 0.5) is 19.0 Å². The molecule has 0 saturated carbocycles. The van der Waals surface area contributed by atoms with Crippen LogP contribution in [0.15, 0.2) is 12.3 Å². The van der Waals surface area contributed by atoms with E-state index in [9.17, 15) is 22.8 Å². The molecule has 1 aliphatic rings. The number of aromatic nitrogens is 1. The third-order valence-electron chi connectivity index (χ3n) is 3.82. The Balaban J connectivity index is 1.97. The van der Waals surface area contributed by atoms with Gasteiger partial charge in [0.25, 0.3) is 5.82 Å². The molecule has 6 nitrogen and oxygen atoms in total. The first-order valence-corrected chi connectivity index (χ1v) is 7.65. The second-order valence-corrected chi connectivity index (χ2v) is 5.94. The first kappa shape index (κ1) is 18.3. The van der Waals surface area contributed by atoms with Gasteiger partial charge in [-0.25, -0.2) is 4.98 Å². The molecule has 1 aliphatic heterocycles. The van der Waals surface area contributed by atoms with Gasteiger partial charge in [-0.05, 0) is 18.9 Å². The highest BCUT2D eigenvalue weighted by Crippen LogP contribution is 2.33. The van der Waals surface area contributed by atoms with Crippen LogP contribution in [0.25, 0.3) is 0 Å². The van der Waals surface area contributed by atoms with E-state index < -0.39 is 17.6 Å². The van der Waals surface area contributed by atoms with E-state index >= 15 is 0 Å². The Labute approximate surface area is 141 Å². The number of amides is 2. The van der Waals surface area contributed by atoms with Gasteiger partial charge in [0.1, 0.15) is 11.2 Å². The van der Waals surface area contributed by atoms with Crippen molar-refractivity contribution in [2.45, 2.75) is 19.0 Å². The maximum absolute atomic E-state index is 12.6. The third kappa shape index (κ3) is 4.50. The summed E-state index contributed by atoms with van der Waals surface area (Å²) in [6.45, 7) is 0.698. The Morgan fingerprint density at radius 3 is 2.50 bits per heavy atom. The summed E-state index contributed by atoms with van der Waals surface area (Å²) in [7, 11) is 0. The van der Waals surface area contributed by atoms with Gasteiger partial charge in [0.15, 0.2) is 0 Å². The van der Waals surface area contributed by atoms with Crippen LogP contribution >= 0.6 is 11.6 Å². The standard InChI is InChI=1S/C14H16ClF3N4O2/c15-10-5-9(14(16,17)18)6-20-12(10)22-3-1-8(2-4-22)13(24)21-7-11(19)23/h5-6,8H,1-4,7H2,(H2,19,23)(H,21,24)/p+1. The summed E-state index contributed by atoms with van der Waals surface area (Å²) in [5, 5.41) is 2.42. The number of hydrogen-bond acceptors (Lipinski definition) is 3. The van der Waals surface area contributed by atoms with E-state index in [0.717, 1.165) is 12.3 Å². The van der Waals surface area contributed by atoms with Gasteiger partial charge < -0.3 is 11.1 Å². The lowest BCUT2D eigenvalue weighted by molar-refractivity contribution is -0.367. The maximum Gasteiger partial charge on any atom is 0.419 e. The van der Waals surface area contributed by atoms with Crippen molar-refractivity contribution in [1.82, 2.24) is 5.32 Å². The van der Waals surface area contributed by atoms with Crippen LogP contribution in [-0.2, 0) is 15.8 Å². The van der Waals surface area contributed by atoms with Crippen LogP contribution in [-0.4, -0.2) is 31.4 Å². The minimum Gasteiger partial charge on any atom is -0.368 e. The zero-order valence-corrected chi connectivity index (χ0v) is 13.4. The number of alkyl halides is 3. The van der Waals surface area contributed by atoms with Crippen molar-refractivity contribution in [3.05, 3.63) is 22.8 Å². The van der Waals surface area contributed by atoms with Gasteiger partial charge in [-0.15, -0.1) is 0 Å². The van der Waals surface area contributed by atoms with Crippen molar-refractivity contribution in [3.8, 4) is 0 Å². The van der Waals surface area contributed by atoms with Gasteiger partial charge in [-0.1, -0.05) is 11.6 Å². The number of carbonyl (C=O) groups excluding carboxylic acids is 2. The average molecular weight is 366 g/mol. The van der Waals surface area contributed by atoms with Crippen LogP contribution in [0.3, 0.4) is 0 Å². The number of nitrogens with two attached hydrogens (primary N) is 1. The van der Waals surface area contributed by atoms with Crippen molar-refractivity contribution in [2.24, 2.45) is 11.7 Å². The lowest BCUT2D eigenvalue weighted by Crippen LogP contribution is -2.44. The van der Waals surface area contributed by atoms with E-state index in [2.05, 4.69) is 10.3 Å². The number of rotatable bonds is 4. The van der Waals surface area contributed by atoms with E-state index in [-0.39, 0.29) is 23.4 Å². The van der Waals surface area contributed by atoms with Crippen molar-refractivity contribution >= 4 is 29.2 Å². The number of primary amides is 1. The Morgan fingerprint density at radius 1 is 1.38 bits per heavy atom. The minimum absolute atomic E-state index is 0.0264. The number of H-pyrrole nitrogens is 1. The number of halogens is 4. The van der Waals surface area contributed by atoms with Gasteiger partial charge in [-0.2, -0.15) is 13.2 Å². The van der Waals surface area contributed by atoms with Crippen LogP contribution in [0.1, 0.15) is 18.4 Å². The number of carbonyl (C=O) groups is 2. The molecule has 0 bridgehead atoms. The summed E-state index contributed by atoms with van der Waals surface area (Å²) in [4.78, 5) is 26.9. The second-order valence-electron chi connectivity index (χ2n) is 5.53. The molecule has 1 saturated heterocycles. The molecule has 1 aromatic heterocycles. The summed E-state index contributed by atoms with van der Waals surface area (Å²) in [5.41, 5.74) is 4.12. The highest BCUT2D eigenvalue weighted by atomic mass is 35.5. The molecule has 0 spiro atoms. The summed E-state index contributed by atoms with van der Waals surface area (Å²) < 4.78 is 37.9. The fourth-order valence-electron chi connectivity index (χ4n) is 2.55. The molecule has 0 aromatic carbocycles. The maximum atomic E-state index is 12.6. The van der Waals surface area contributed by atoms with Gasteiger partial charge in [-0.3, -0.25) is 14.5 Å². The second kappa shape index (κ2) is 7.25. The van der Waals surface area contributed by atoms with Crippen LogP contribution in [0.2, 0.25) is 5.02 Å². The number of pyridine rings is 1. The summed E-state index contributed by atoms with van der Waals surface area (Å²) in [5.74, 6) is -0.752. The van der Waals surface area contributed by atoms with Gasteiger partial charge in [0, 0.05) is 5.92 Å². The summed E-state index contributed by atoms with van der Waals surface area (Å²) >= 11 is 5.95. The smallest absolute Gasteiger partial charge is 0.368 e. The molecule has 132 valence electrons. The molecule has 2 heterocycles. The fourth-order valence-corrected chi connectivity index (χ4v) is 2.84. The molecule has 0 unspecified atom stereocenters. The monoisotopic (exact) mass is 365 g/mol. The van der Waals surface area contributed by atoms with Crippen molar-refractivity contribution < 1.29 is 27.7 Å². The quantitative estimate of drug-likeness (QED) is 0.833. The van der Waals surface area contributed by atoms with Crippen molar-refractivity contribution in [1.29, 1.82) is 0 Å². The number of hydrogen-bond donors (Lipinski definition) is 2. The largest absolute Gasteiger partial charge is 0.419 e. The lowest BCUT2D eigenvalue weighted by atomic mass is 9.96. The van der Waals surface area contributed by atoms with E-state index in [0.29, 0.717) is 31.7 Å². The molecule has 10 heteroatoms. The Hall–Kier alpha value is -2.03. The molecule has 1 aromatic rings. The van der Waals surface area contributed by atoms with Crippen LogP contribution < -0.4 is 20.9 Å². The zero-order chi connectivity index (χ0) is 17.9. The van der Waals surface area contributed by atoms with Gasteiger partial charge >= 0.3 is 6.18 Å². The minimum atomic E-state index is -4.47. The predicted octanol–water partition coefficient (Wildman–Crippen LogP) is 0.991. The molecular weight excluding hydrogens is 349 g/mol. The molecule has 0 atom stereocenters. The number of aromatic amines is 1. The van der Waals surface area contributed by atoms with Crippen LogP contribution in [0.5, 0.6) is 0 Å². The lowest BCUT2D eigenvalue weighted by Gasteiger charge is -2.27. The average Bonchev–Trinajstić information content (AvgIpc) is 2.52. The molecule has 1 fully saturated rings. The van der Waals surface area contributed by atoms with E-state index in [1.807, 2.05) is 0 Å². The molecular formula is C14H17ClF3N4O2+. The molecule has 4 N–H and O–H groups in total. The first-order valence-electron chi connectivity index (χ1n) is 7.28. The summed E-state index contributed by atoms with van der Waals surface area (Å²) in [6.07, 6.45) is -2.61. The van der Waals surface area contributed by atoms with E-state index in [4.69, 9.17) is 17.3 Å². The number of anilines is 1. The zero-order valence-electron chi connectivity index (χ0n) is 12.6. The van der Waals surface area contributed by atoms with E-state index in [1.165, 1.54) is 0 Å². The molecule has 24 heavy (non-hydrogen) atoms. The Kier molecular flexibility index (Phi) is 5.53. The Morgan fingerprint density at radius 2 is 2.00 bits per heavy atom. The van der Waals surface area contributed by atoms with Gasteiger partial charge in [0.2, 0.25) is 11.8 Å². The van der Waals surface area contributed by atoms with Crippen LogP contribution in [0, 0.1) is 5.92 Å². The SMILES string of the molecule is NC(=O)CNC(=O)C1CCN(c2[nH+]cc(C(F)(F)F)cc2Cl)CC1. The number of nitrogens with zero attached hydrogens (tertiary/aromatic N) is 1. The topological polar surface area (TPSA) is 89.6 Å². The van der Waals surface area contributed by atoms with E-state index in [1.54, 1.807) is 4.90 Å². The first-order chi connectivity index (χ1) is 11.2. The normalized spacial score (nSPS) is 16.1. The van der Waals surface area contributed by atoms with Crippen molar-refractivity contribution in [2.75, 3.05) is 24.5 Å². The molecule has 0 aliphatic carbocycles. The Bertz CT molecular complexity index is 631. The fraction of sp³-hybridized carbons (Fsp3) is 0.500. The summed E-state index contributed by atoms with van der Waals surface area (Å²) in [6, 6.07) is 0.874. The van der Waals surface area contributed by atoms with Crippen molar-refractivity contribution in [3.63, 3.8) is 0 Å². The highest BCUT2D eigenvalue weighted by molar-refractivity contribution is 6.32. The highest BCUT2D eigenvalue weighted by Gasteiger charge is 2.35. The number of nitrogens with one attached hydrogen (secondary N) is 2.